The molecule has 2 heterocycles. The fourth-order valence-electron chi connectivity index (χ4n) is 2.63. The summed E-state index contributed by atoms with van der Waals surface area (Å²) in [6, 6.07) is 7.48. The maximum absolute atomic E-state index is 12.1. The Bertz CT molecular complexity index is 1080. The molecule has 0 unspecified atom stereocenters. The van der Waals surface area contributed by atoms with Crippen LogP contribution < -0.4 is 16.8 Å². The minimum absolute atomic E-state index is 0.0463. The number of carbonyl (C=O) groups is 2. The largest absolute Gasteiger partial charge is 0.412 e. The monoisotopic (exact) mass is 403 g/mol. The van der Waals surface area contributed by atoms with Crippen LogP contribution in [0, 0.1) is 0 Å². The first-order valence-corrected chi connectivity index (χ1v) is 9.26. The summed E-state index contributed by atoms with van der Waals surface area (Å²) in [7, 11) is 0. The smallest absolute Gasteiger partial charge is 0.397 e. The third kappa shape index (κ3) is 3.51. The summed E-state index contributed by atoms with van der Waals surface area (Å²) < 4.78 is 4.46. The summed E-state index contributed by atoms with van der Waals surface area (Å²) in [5.74, 6) is -0.479. The van der Waals surface area contributed by atoms with E-state index in [2.05, 4.69) is 20.0 Å². The number of nitrogens with zero attached hydrogens (tertiary/aromatic N) is 2. The highest BCUT2D eigenvalue weighted by molar-refractivity contribution is 7.21. The molecule has 2 aromatic heterocycles. The van der Waals surface area contributed by atoms with E-state index in [0.717, 1.165) is 29.7 Å². The summed E-state index contributed by atoms with van der Waals surface area (Å²) in [4.78, 5) is 32.6. The van der Waals surface area contributed by atoms with Crippen molar-refractivity contribution in [1.82, 2.24) is 9.97 Å². The van der Waals surface area contributed by atoms with Crippen molar-refractivity contribution >= 4 is 56.9 Å². The van der Waals surface area contributed by atoms with Gasteiger partial charge in [-0.3, -0.25) is 0 Å². The molecule has 1 saturated carbocycles. The Morgan fingerprint density at radius 1 is 1.30 bits per heavy atom. The Hall–Kier alpha value is -2.91. The Balaban J connectivity index is 1.91. The van der Waals surface area contributed by atoms with Gasteiger partial charge in [-0.2, -0.15) is 0 Å². The fraction of sp³-hybridized carbons (Fsp3) is 0.176. The van der Waals surface area contributed by atoms with Gasteiger partial charge in [0.05, 0.1) is 16.8 Å². The van der Waals surface area contributed by atoms with Gasteiger partial charge < -0.3 is 21.5 Å². The van der Waals surface area contributed by atoms with Crippen LogP contribution in [0.25, 0.3) is 21.5 Å². The quantitative estimate of drug-likeness (QED) is 0.449. The number of benzene rings is 1. The molecule has 0 aliphatic heterocycles. The lowest BCUT2D eigenvalue weighted by Gasteiger charge is -2.08. The van der Waals surface area contributed by atoms with Crippen LogP contribution in [0.15, 0.2) is 24.3 Å². The number of rotatable bonds is 4. The third-order valence-electron chi connectivity index (χ3n) is 3.98. The van der Waals surface area contributed by atoms with Gasteiger partial charge in [-0.1, -0.05) is 23.7 Å². The fourth-order valence-corrected chi connectivity index (χ4v) is 3.79. The number of ether oxygens (including phenoxy) is 1. The molecule has 1 aliphatic carbocycles. The summed E-state index contributed by atoms with van der Waals surface area (Å²) in [5.41, 5.74) is 12.5. The minimum Gasteiger partial charge on any atom is -0.397 e. The average molecular weight is 404 g/mol. The van der Waals surface area contributed by atoms with E-state index in [1.165, 1.54) is 0 Å². The molecule has 3 aromatic rings. The molecular weight excluding hydrogens is 390 g/mol. The molecule has 27 heavy (non-hydrogen) atoms. The number of esters is 1. The maximum atomic E-state index is 12.1. The van der Waals surface area contributed by atoms with Crippen LogP contribution in [0.1, 0.15) is 22.5 Å². The van der Waals surface area contributed by atoms with E-state index in [1.54, 1.807) is 18.2 Å². The molecule has 8 nitrogen and oxygen atoms in total. The zero-order valence-electron chi connectivity index (χ0n) is 13.9. The zero-order valence-corrected chi connectivity index (χ0v) is 15.4. The van der Waals surface area contributed by atoms with E-state index in [0.29, 0.717) is 32.9 Å². The first-order valence-electron chi connectivity index (χ1n) is 8.06. The summed E-state index contributed by atoms with van der Waals surface area (Å²) in [6.45, 7) is 0. The lowest BCUT2D eigenvalue weighted by molar-refractivity contribution is 0.0644. The number of hydrogen-bond acceptors (Lipinski definition) is 8. The molecule has 0 radical (unpaired) electrons. The van der Waals surface area contributed by atoms with Crippen molar-refractivity contribution in [3.8, 4) is 11.3 Å². The standard InChI is InChI=1S/C17H14ClN5O3S/c18-8-3-1-2-7(6-8)12-10-11(19)13(15(24)26-16(20)25)27-14(10)23-17(22-12)21-9-4-5-9/h1-3,6,9H,4-5,19H2,(H2,20,25)(H,21,22,23). The number of anilines is 2. The molecule has 4 rings (SSSR count). The van der Waals surface area contributed by atoms with E-state index in [4.69, 9.17) is 23.1 Å². The van der Waals surface area contributed by atoms with Crippen molar-refractivity contribution in [3.63, 3.8) is 0 Å². The molecule has 0 saturated heterocycles. The molecule has 1 fully saturated rings. The van der Waals surface area contributed by atoms with Gasteiger partial charge in [-0.15, -0.1) is 11.3 Å². The second-order valence-electron chi connectivity index (χ2n) is 6.06. The van der Waals surface area contributed by atoms with Crippen LogP contribution in [0.4, 0.5) is 16.4 Å². The minimum atomic E-state index is -1.20. The second kappa shape index (κ2) is 6.67. The molecule has 5 N–H and O–H groups in total. The van der Waals surface area contributed by atoms with Crippen LogP contribution in [0.2, 0.25) is 5.02 Å². The molecule has 0 atom stereocenters. The van der Waals surface area contributed by atoms with E-state index in [9.17, 15) is 9.59 Å². The normalized spacial score (nSPS) is 13.5. The zero-order chi connectivity index (χ0) is 19.1. The van der Waals surface area contributed by atoms with Crippen LogP contribution in [0.3, 0.4) is 0 Å². The number of nitrogens with one attached hydrogen (secondary N) is 1. The third-order valence-corrected chi connectivity index (χ3v) is 5.29. The number of aromatic nitrogens is 2. The van der Waals surface area contributed by atoms with Crippen molar-refractivity contribution in [1.29, 1.82) is 0 Å². The van der Waals surface area contributed by atoms with Crippen molar-refractivity contribution in [2.24, 2.45) is 5.73 Å². The molecule has 10 heteroatoms. The lowest BCUT2D eigenvalue weighted by Crippen LogP contribution is -2.18. The molecule has 0 spiro atoms. The maximum Gasteiger partial charge on any atom is 0.412 e. The number of amides is 1. The van der Waals surface area contributed by atoms with E-state index in [-0.39, 0.29) is 10.6 Å². The van der Waals surface area contributed by atoms with Crippen molar-refractivity contribution < 1.29 is 14.3 Å². The van der Waals surface area contributed by atoms with Gasteiger partial charge in [0.2, 0.25) is 5.95 Å². The molecule has 0 bridgehead atoms. The SMILES string of the molecule is NC(=O)OC(=O)c1sc2nc(NC3CC3)nc(-c3cccc(Cl)c3)c2c1N. The van der Waals surface area contributed by atoms with E-state index in [1.807, 2.05) is 6.07 Å². The number of fused-ring (bicyclic) bond motifs is 1. The highest BCUT2D eigenvalue weighted by Gasteiger charge is 2.26. The van der Waals surface area contributed by atoms with Gasteiger partial charge in [0, 0.05) is 16.6 Å². The first-order chi connectivity index (χ1) is 12.9. The Morgan fingerprint density at radius 3 is 2.74 bits per heavy atom. The van der Waals surface area contributed by atoms with Crippen molar-refractivity contribution in [2.45, 2.75) is 18.9 Å². The van der Waals surface area contributed by atoms with Gasteiger partial charge >= 0.3 is 12.1 Å². The van der Waals surface area contributed by atoms with Crippen molar-refractivity contribution in [2.75, 3.05) is 11.1 Å². The number of primary amides is 1. The van der Waals surface area contributed by atoms with E-state index < -0.39 is 12.1 Å². The molecular formula is C17H14ClN5O3S. The second-order valence-corrected chi connectivity index (χ2v) is 7.49. The lowest BCUT2D eigenvalue weighted by atomic mass is 10.1. The van der Waals surface area contributed by atoms with Crippen LogP contribution in [0.5, 0.6) is 0 Å². The van der Waals surface area contributed by atoms with Gasteiger partial charge in [-0.05, 0) is 25.0 Å². The predicted octanol–water partition coefficient (Wildman–Crippen LogP) is 3.40. The Kier molecular flexibility index (Phi) is 4.33. The highest BCUT2D eigenvalue weighted by atomic mass is 35.5. The number of thiophene rings is 1. The van der Waals surface area contributed by atoms with Crippen LogP contribution in [-0.4, -0.2) is 28.1 Å². The van der Waals surface area contributed by atoms with Crippen LogP contribution >= 0.6 is 22.9 Å². The predicted molar refractivity (Wildman–Crippen MR) is 104 cm³/mol. The van der Waals surface area contributed by atoms with Crippen LogP contribution in [-0.2, 0) is 4.74 Å². The highest BCUT2D eigenvalue weighted by Crippen LogP contribution is 2.40. The van der Waals surface area contributed by atoms with Gasteiger partial charge in [0.15, 0.2) is 0 Å². The summed E-state index contributed by atoms with van der Waals surface area (Å²) in [5, 5.41) is 4.28. The summed E-state index contributed by atoms with van der Waals surface area (Å²) >= 11 is 7.14. The topological polar surface area (TPSA) is 133 Å². The van der Waals surface area contributed by atoms with Crippen molar-refractivity contribution in [3.05, 3.63) is 34.2 Å². The molecule has 1 aliphatic rings. The van der Waals surface area contributed by atoms with E-state index >= 15 is 0 Å². The molecule has 1 aromatic carbocycles. The van der Waals surface area contributed by atoms with Gasteiger partial charge in [0.1, 0.15) is 9.71 Å². The number of halogens is 1. The first kappa shape index (κ1) is 17.5. The number of hydrogen-bond donors (Lipinski definition) is 3. The Morgan fingerprint density at radius 2 is 2.07 bits per heavy atom. The van der Waals surface area contributed by atoms with Gasteiger partial charge in [0.25, 0.3) is 0 Å². The molecule has 138 valence electrons. The molecule has 1 amide bonds. The Labute approximate surface area is 162 Å². The average Bonchev–Trinajstić information content (AvgIpc) is 3.35. The number of nitrogens with two attached hydrogens (primary N) is 2. The summed E-state index contributed by atoms with van der Waals surface area (Å²) in [6.07, 6.45) is 0.905. The number of nitrogen functional groups attached to an aromatic ring is 1. The van der Waals surface area contributed by atoms with Gasteiger partial charge in [-0.25, -0.2) is 19.6 Å². The number of carbonyl (C=O) groups excluding carboxylic acids is 2.